The number of hydrogen-bond acceptors (Lipinski definition) is 3. The molecule has 84 valence electrons. The summed E-state index contributed by atoms with van der Waals surface area (Å²) < 4.78 is 0. The summed E-state index contributed by atoms with van der Waals surface area (Å²) in [6.07, 6.45) is 0. The molecule has 3 N–H and O–H groups in total. The van der Waals surface area contributed by atoms with Crippen molar-refractivity contribution in [3.05, 3.63) is 28.8 Å². The number of anilines is 1. The zero-order valence-electron chi connectivity index (χ0n) is 8.91. The molecule has 1 aromatic rings. The average Bonchev–Trinajstić information content (AvgIpc) is 2.26. The van der Waals surface area contributed by atoms with E-state index in [9.17, 15) is 0 Å². The maximum atomic E-state index is 8.96. The number of aliphatic hydroxyl groups is 1. The van der Waals surface area contributed by atoms with E-state index >= 15 is 0 Å². The number of aliphatic hydroxyl groups excluding tert-OH is 1. The summed E-state index contributed by atoms with van der Waals surface area (Å²) in [5.74, 6) is 0. The lowest BCUT2D eigenvalue weighted by molar-refractivity contribution is 0.302. The highest BCUT2D eigenvalue weighted by Crippen LogP contribution is 2.24. The highest BCUT2D eigenvalue weighted by molar-refractivity contribution is 6.30. The molecule has 0 heterocycles. The van der Waals surface area contributed by atoms with Crippen molar-refractivity contribution in [2.45, 2.75) is 13.5 Å². The second-order valence-corrected chi connectivity index (χ2v) is 3.72. The number of likely N-dealkylation sites (N-methyl/N-ethyl adjacent to an activating group) is 1. The highest BCUT2D eigenvalue weighted by Gasteiger charge is 2.08. The SMILES string of the molecule is CCN(CCO)c1cc(Cl)ccc1CN. The van der Waals surface area contributed by atoms with Gasteiger partial charge in [-0.25, -0.2) is 0 Å². The molecule has 0 aliphatic carbocycles. The van der Waals surface area contributed by atoms with E-state index in [1.165, 1.54) is 0 Å². The molecule has 15 heavy (non-hydrogen) atoms. The van der Waals surface area contributed by atoms with Crippen molar-refractivity contribution in [1.82, 2.24) is 0 Å². The molecule has 1 aromatic carbocycles. The Hall–Kier alpha value is -0.770. The summed E-state index contributed by atoms with van der Waals surface area (Å²) >= 11 is 5.95. The van der Waals surface area contributed by atoms with Crippen molar-refractivity contribution in [1.29, 1.82) is 0 Å². The lowest BCUT2D eigenvalue weighted by Crippen LogP contribution is -2.27. The zero-order chi connectivity index (χ0) is 11.3. The molecular formula is C11H17ClN2O. The number of benzene rings is 1. The molecule has 0 spiro atoms. The largest absolute Gasteiger partial charge is 0.395 e. The standard InChI is InChI=1S/C11H17ClN2O/c1-2-14(5-6-15)11-7-10(12)4-3-9(11)8-13/h3-4,7,15H,2,5-6,8,13H2,1H3. The first-order valence-corrected chi connectivity index (χ1v) is 5.45. The van der Waals surface area contributed by atoms with Crippen LogP contribution in [0.5, 0.6) is 0 Å². The van der Waals surface area contributed by atoms with Gasteiger partial charge >= 0.3 is 0 Å². The summed E-state index contributed by atoms with van der Waals surface area (Å²) in [7, 11) is 0. The second-order valence-electron chi connectivity index (χ2n) is 3.28. The molecule has 3 nitrogen and oxygen atoms in total. The summed E-state index contributed by atoms with van der Waals surface area (Å²) in [5.41, 5.74) is 7.72. The topological polar surface area (TPSA) is 49.5 Å². The molecular weight excluding hydrogens is 212 g/mol. The third kappa shape index (κ3) is 3.09. The summed E-state index contributed by atoms with van der Waals surface area (Å²) in [6, 6.07) is 5.65. The Morgan fingerprint density at radius 2 is 2.20 bits per heavy atom. The van der Waals surface area contributed by atoms with E-state index in [0.29, 0.717) is 18.1 Å². The Morgan fingerprint density at radius 1 is 1.47 bits per heavy atom. The van der Waals surface area contributed by atoms with Crippen LogP contribution in [0.15, 0.2) is 18.2 Å². The minimum absolute atomic E-state index is 0.129. The van der Waals surface area contributed by atoms with Gasteiger partial charge in [-0.05, 0) is 24.6 Å². The van der Waals surface area contributed by atoms with Crippen molar-refractivity contribution >= 4 is 17.3 Å². The Bertz CT molecular complexity index is 317. The second kappa shape index (κ2) is 5.95. The first kappa shape index (κ1) is 12.3. The van der Waals surface area contributed by atoms with Gasteiger partial charge in [0, 0.05) is 30.3 Å². The molecule has 0 radical (unpaired) electrons. The van der Waals surface area contributed by atoms with Crippen molar-refractivity contribution in [2.24, 2.45) is 5.73 Å². The van der Waals surface area contributed by atoms with E-state index in [1.807, 2.05) is 25.1 Å². The lowest BCUT2D eigenvalue weighted by Gasteiger charge is -2.24. The Kier molecular flexibility index (Phi) is 4.88. The maximum Gasteiger partial charge on any atom is 0.0606 e. The minimum Gasteiger partial charge on any atom is -0.395 e. The van der Waals surface area contributed by atoms with Gasteiger partial charge in [-0.15, -0.1) is 0 Å². The molecule has 0 saturated carbocycles. The smallest absolute Gasteiger partial charge is 0.0606 e. The molecule has 0 amide bonds. The Labute approximate surface area is 95.5 Å². The maximum absolute atomic E-state index is 8.96. The predicted molar refractivity (Wildman–Crippen MR) is 64.3 cm³/mol. The fraction of sp³-hybridized carbons (Fsp3) is 0.455. The van der Waals surface area contributed by atoms with Gasteiger partial charge in [0.1, 0.15) is 0 Å². The monoisotopic (exact) mass is 228 g/mol. The molecule has 0 aliphatic rings. The van der Waals surface area contributed by atoms with Crippen molar-refractivity contribution in [3.8, 4) is 0 Å². The molecule has 0 bridgehead atoms. The first-order valence-electron chi connectivity index (χ1n) is 5.07. The van der Waals surface area contributed by atoms with Crippen LogP contribution >= 0.6 is 11.6 Å². The molecule has 0 fully saturated rings. The van der Waals surface area contributed by atoms with Gasteiger partial charge in [0.15, 0.2) is 0 Å². The van der Waals surface area contributed by atoms with E-state index in [1.54, 1.807) is 0 Å². The van der Waals surface area contributed by atoms with Crippen LogP contribution in [0.25, 0.3) is 0 Å². The number of hydrogen-bond donors (Lipinski definition) is 2. The van der Waals surface area contributed by atoms with Crippen molar-refractivity contribution < 1.29 is 5.11 Å². The third-order valence-electron chi connectivity index (χ3n) is 2.36. The normalized spacial score (nSPS) is 10.4. The zero-order valence-corrected chi connectivity index (χ0v) is 9.67. The van der Waals surface area contributed by atoms with Gasteiger partial charge in [-0.2, -0.15) is 0 Å². The molecule has 1 rings (SSSR count). The van der Waals surface area contributed by atoms with Gasteiger partial charge in [-0.1, -0.05) is 17.7 Å². The molecule has 0 atom stereocenters. The van der Waals surface area contributed by atoms with Crippen LogP contribution in [-0.2, 0) is 6.54 Å². The quantitative estimate of drug-likeness (QED) is 0.805. The van der Waals surface area contributed by atoms with E-state index < -0.39 is 0 Å². The molecule has 0 saturated heterocycles. The van der Waals surface area contributed by atoms with Crippen LogP contribution in [0.1, 0.15) is 12.5 Å². The Balaban J connectivity index is 3.02. The van der Waals surface area contributed by atoms with Gasteiger partial charge in [0.25, 0.3) is 0 Å². The van der Waals surface area contributed by atoms with Crippen molar-refractivity contribution in [2.75, 3.05) is 24.6 Å². The van der Waals surface area contributed by atoms with E-state index in [-0.39, 0.29) is 6.61 Å². The highest BCUT2D eigenvalue weighted by atomic mass is 35.5. The van der Waals surface area contributed by atoms with Crippen LogP contribution in [0.4, 0.5) is 5.69 Å². The van der Waals surface area contributed by atoms with Crippen LogP contribution < -0.4 is 10.6 Å². The molecule has 0 aromatic heterocycles. The Morgan fingerprint density at radius 3 is 2.73 bits per heavy atom. The molecule has 0 aliphatic heterocycles. The summed E-state index contributed by atoms with van der Waals surface area (Å²) in [5, 5.41) is 9.65. The predicted octanol–water partition coefficient (Wildman–Crippen LogP) is 1.62. The average molecular weight is 229 g/mol. The van der Waals surface area contributed by atoms with Gasteiger partial charge in [0.2, 0.25) is 0 Å². The van der Waals surface area contributed by atoms with Gasteiger partial charge in [-0.3, -0.25) is 0 Å². The fourth-order valence-corrected chi connectivity index (χ4v) is 1.74. The van der Waals surface area contributed by atoms with E-state index in [0.717, 1.165) is 17.8 Å². The van der Waals surface area contributed by atoms with E-state index in [2.05, 4.69) is 4.90 Å². The van der Waals surface area contributed by atoms with Crippen LogP contribution in [0.3, 0.4) is 0 Å². The first-order chi connectivity index (χ1) is 7.22. The van der Waals surface area contributed by atoms with Crippen LogP contribution in [0, 0.1) is 0 Å². The van der Waals surface area contributed by atoms with Gasteiger partial charge in [0.05, 0.1) is 6.61 Å². The minimum atomic E-state index is 0.129. The number of rotatable bonds is 5. The van der Waals surface area contributed by atoms with Crippen LogP contribution in [-0.4, -0.2) is 24.8 Å². The molecule has 0 unspecified atom stereocenters. The molecule has 4 heteroatoms. The summed E-state index contributed by atoms with van der Waals surface area (Å²) in [6.45, 7) is 4.08. The van der Waals surface area contributed by atoms with Crippen LogP contribution in [0.2, 0.25) is 5.02 Å². The van der Waals surface area contributed by atoms with Gasteiger partial charge < -0.3 is 15.7 Å². The van der Waals surface area contributed by atoms with E-state index in [4.69, 9.17) is 22.4 Å². The number of nitrogens with zero attached hydrogens (tertiary/aromatic N) is 1. The summed E-state index contributed by atoms with van der Waals surface area (Å²) in [4.78, 5) is 2.06. The third-order valence-corrected chi connectivity index (χ3v) is 2.59. The van der Waals surface area contributed by atoms with Crippen molar-refractivity contribution in [3.63, 3.8) is 0 Å². The number of nitrogens with two attached hydrogens (primary N) is 1. The lowest BCUT2D eigenvalue weighted by atomic mass is 10.1. The number of halogens is 1. The fourth-order valence-electron chi connectivity index (χ4n) is 1.57.